The fourth-order valence-corrected chi connectivity index (χ4v) is 2.67. The predicted octanol–water partition coefficient (Wildman–Crippen LogP) is 2.97. The molecule has 1 radical (unpaired) electrons. The van der Waals surface area contributed by atoms with E-state index in [1.165, 1.54) is 11.1 Å². The maximum absolute atomic E-state index is 5.93. The molecule has 0 saturated carbocycles. The number of nitrogens with two attached hydrogens (primary N) is 1. The summed E-state index contributed by atoms with van der Waals surface area (Å²) in [5.74, 6) is 0. The van der Waals surface area contributed by atoms with Crippen LogP contribution >= 0.6 is 0 Å². The van der Waals surface area contributed by atoms with Gasteiger partial charge in [-0.05, 0) is 31.5 Å². The van der Waals surface area contributed by atoms with Crippen molar-refractivity contribution in [2.45, 2.75) is 33.2 Å². The normalized spacial score (nSPS) is 16.7. The number of hydrogen-bond donors (Lipinski definition) is 2. The SMILES string of the molecule is Cc1[c-]cc2c(c1)C(c1ccc(N)c(C)c1)=NNC(C)C2.[Y]. The van der Waals surface area contributed by atoms with Gasteiger partial charge in [0.05, 0.1) is 5.71 Å². The number of rotatable bonds is 1. The molecule has 0 saturated heterocycles. The number of hydrogen-bond acceptors (Lipinski definition) is 3. The molecule has 2 aromatic rings. The number of benzene rings is 2. The average molecular weight is 367 g/mol. The van der Waals surface area contributed by atoms with Crippen LogP contribution in [0.1, 0.15) is 34.7 Å². The van der Waals surface area contributed by atoms with E-state index in [9.17, 15) is 0 Å². The molecular weight excluding hydrogens is 347 g/mol. The van der Waals surface area contributed by atoms with Gasteiger partial charge >= 0.3 is 0 Å². The Balaban J connectivity index is 0.00000176. The van der Waals surface area contributed by atoms with E-state index >= 15 is 0 Å². The van der Waals surface area contributed by atoms with E-state index in [0.29, 0.717) is 6.04 Å². The third kappa shape index (κ3) is 3.41. The van der Waals surface area contributed by atoms with Crippen LogP contribution in [-0.2, 0) is 39.1 Å². The van der Waals surface area contributed by atoms with Crippen LogP contribution in [0.25, 0.3) is 0 Å². The molecule has 0 spiro atoms. The first-order valence-corrected chi connectivity index (χ1v) is 7.26. The van der Waals surface area contributed by atoms with Gasteiger partial charge in [-0.15, -0.1) is 11.1 Å². The molecule has 1 aliphatic rings. The number of nitrogen functional groups attached to an aromatic ring is 1. The second-order valence-corrected chi connectivity index (χ2v) is 5.82. The zero-order valence-electron chi connectivity index (χ0n) is 13.3. The summed E-state index contributed by atoms with van der Waals surface area (Å²) < 4.78 is 0. The van der Waals surface area contributed by atoms with Crippen LogP contribution in [0.4, 0.5) is 5.69 Å². The standard InChI is InChI=1S/C18H20N3.Y/c1-11-4-5-14-10-13(3)20-21-18(16(14)8-11)15-6-7-17(19)12(2)9-15;/h5-9,13,20H,10,19H2,1-3H3;/q-1;. The average Bonchev–Trinajstić information content (AvgIpc) is 2.60. The summed E-state index contributed by atoms with van der Waals surface area (Å²) >= 11 is 0. The number of hydrazone groups is 1. The molecule has 22 heavy (non-hydrogen) atoms. The van der Waals surface area contributed by atoms with Crippen LogP contribution in [0.2, 0.25) is 0 Å². The molecule has 3 N–H and O–H groups in total. The molecule has 1 atom stereocenters. The van der Waals surface area contributed by atoms with Crippen LogP contribution in [0.3, 0.4) is 0 Å². The van der Waals surface area contributed by atoms with Gasteiger partial charge in [-0.25, -0.2) is 0 Å². The molecule has 1 aliphatic heterocycles. The van der Waals surface area contributed by atoms with Gasteiger partial charge in [-0.2, -0.15) is 28.9 Å². The number of fused-ring (bicyclic) bond motifs is 1. The smallest absolute Gasteiger partial charge is 0.0736 e. The minimum Gasteiger partial charge on any atom is -0.399 e. The summed E-state index contributed by atoms with van der Waals surface area (Å²) in [5, 5.41) is 4.64. The van der Waals surface area contributed by atoms with Gasteiger partial charge in [0.1, 0.15) is 0 Å². The Morgan fingerprint density at radius 2 is 2.05 bits per heavy atom. The molecule has 0 aromatic heterocycles. The molecule has 0 amide bonds. The molecule has 3 nitrogen and oxygen atoms in total. The summed E-state index contributed by atoms with van der Waals surface area (Å²) in [4.78, 5) is 0. The van der Waals surface area contributed by atoms with Crippen LogP contribution in [0, 0.1) is 19.9 Å². The van der Waals surface area contributed by atoms with Gasteiger partial charge in [-0.3, -0.25) is 0 Å². The van der Waals surface area contributed by atoms with Crippen molar-refractivity contribution in [3.8, 4) is 0 Å². The molecule has 0 bridgehead atoms. The monoisotopic (exact) mass is 367 g/mol. The Labute approximate surface area is 157 Å². The molecule has 3 rings (SSSR count). The molecule has 2 aromatic carbocycles. The number of anilines is 1. The van der Waals surface area contributed by atoms with E-state index in [0.717, 1.165) is 34.5 Å². The fourth-order valence-electron chi connectivity index (χ4n) is 2.67. The topological polar surface area (TPSA) is 50.4 Å². The van der Waals surface area contributed by atoms with Gasteiger partial charge < -0.3 is 11.2 Å². The molecule has 4 heteroatoms. The zero-order valence-corrected chi connectivity index (χ0v) is 16.1. The minimum atomic E-state index is 0. The van der Waals surface area contributed by atoms with Crippen LogP contribution < -0.4 is 11.2 Å². The second kappa shape index (κ2) is 6.93. The predicted molar refractivity (Wildman–Crippen MR) is 87.5 cm³/mol. The first-order valence-electron chi connectivity index (χ1n) is 7.26. The van der Waals surface area contributed by atoms with Crippen molar-refractivity contribution >= 4 is 11.4 Å². The van der Waals surface area contributed by atoms with E-state index < -0.39 is 0 Å². The molecule has 111 valence electrons. The Bertz CT molecular complexity index is 722. The van der Waals surface area contributed by atoms with Crippen LogP contribution in [-0.4, -0.2) is 11.8 Å². The van der Waals surface area contributed by atoms with Gasteiger partial charge in [0.2, 0.25) is 0 Å². The van der Waals surface area contributed by atoms with E-state index in [1.807, 2.05) is 19.1 Å². The molecule has 1 unspecified atom stereocenters. The van der Waals surface area contributed by atoms with Crippen LogP contribution in [0.5, 0.6) is 0 Å². The van der Waals surface area contributed by atoms with Crippen molar-refractivity contribution in [2.24, 2.45) is 5.10 Å². The van der Waals surface area contributed by atoms with Crippen molar-refractivity contribution in [1.29, 1.82) is 0 Å². The number of nitrogens with zero attached hydrogens (tertiary/aromatic N) is 1. The van der Waals surface area contributed by atoms with Crippen molar-refractivity contribution in [1.82, 2.24) is 5.43 Å². The van der Waals surface area contributed by atoms with Gasteiger partial charge in [0.15, 0.2) is 0 Å². The van der Waals surface area contributed by atoms with Crippen LogP contribution in [0.15, 0.2) is 35.4 Å². The van der Waals surface area contributed by atoms with Gasteiger partial charge in [0.25, 0.3) is 0 Å². The van der Waals surface area contributed by atoms with Crippen molar-refractivity contribution in [3.63, 3.8) is 0 Å². The minimum absolute atomic E-state index is 0. The van der Waals surface area contributed by atoms with E-state index in [2.05, 4.69) is 48.6 Å². The van der Waals surface area contributed by atoms with E-state index in [4.69, 9.17) is 5.73 Å². The molecule has 0 fully saturated rings. The van der Waals surface area contributed by atoms with Gasteiger partial charge in [-0.1, -0.05) is 19.4 Å². The largest absolute Gasteiger partial charge is 0.399 e. The number of aryl methyl sites for hydroxylation is 2. The molecular formula is C18H20N3Y-. The maximum Gasteiger partial charge on any atom is 0.0736 e. The Hall–Kier alpha value is -1.19. The first-order chi connectivity index (χ1) is 10.0. The second-order valence-electron chi connectivity index (χ2n) is 5.82. The zero-order chi connectivity index (χ0) is 15.0. The maximum atomic E-state index is 5.93. The molecule has 0 aliphatic carbocycles. The summed E-state index contributed by atoms with van der Waals surface area (Å²) in [6.07, 6.45) is 0.951. The Kier molecular flexibility index (Phi) is 5.41. The Morgan fingerprint density at radius 1 is 1.27 bits per heavy atom. The van der Waals surface area contributed by atoms with Crippen molar-refractivity contribution < 1.29 is 32.7 Å². The third-order valence-electron chi connectivity index (χ3n) is 3.90. The van der Waals surface area contributed by atoms with Crippen molar-refractivity contribution in [2.75, 3.05) is 5.73 Å². The molecule has 1 heterocycles. The number of nitrogens with one attached hydrogen (secondary N) is 1. The fraction of sp³-hybridized carbons (Fsp3) is 0.278. The summed E-state index contributed by atoms with van der Waals surface area (Å²) in [6, 6.07) is 13.9. The quantitative estimate of drug-likeness (QED) is 0.602. The van der Waals surface area contributed by atoms with E-state index in [-0.39, 0.29) is 32.7 Å². The summed E-state index contributed by atoms with van der Waals surface area (Å²) in [5.41, 5.74) is 16.7. The summed E-state index contributed by atoms with van der Waals surface area (Å²) in [6.45, 7) is 6.23. The van der Waals surface area contributed by atoms with Crippen molar-refractivity contribution in [3.05, 3.63) is 64.2 Å². The Morgan fingerprint density at radius 3 is 2.77 bits per heavy atom. The van der Waals surface area contributed by atoms with E-state index in [1.54, 1.807) is 0 Å². The third-order valence-corrected chi connectivity index (χ3v) is 3.90. The van der Waals surface area contributed by atoms with Gasteiger partial charge in [0, 0.05) is 50.0 Å². The first kappa shape index (κ1) is 17.2. The summed E-state index contributed by atoms with van der Waals surface area (Å²) in [7, 11) is 0.